The monoisotopic (exact) mass is 438 g/mol. The summed E-state index contributed by atoms with van der Waals surface area (Å²) in [6, 6.07) is 18.8. The Kier molecular flexibility index (Phi) is 6.65. The number of ether oxygens (including phenoxy) is 1. The van der Waals surface area contributed by atoms with Crippen molar-refractivity contribution in [3.05, 3.63) is 83.4 Å². The Morgan fingerprint density at radius 3 is 2.13 bits per heavy atom. The Morgan fingerprint density at radius 1 is 0.839 bits per heavy atom. The lowest BCUT2D eigenvalue weighted by molar-refractivity contribution is -0.122. The highest BCUT2D eigenvalue weighted by molar-refractivity contribution is 7.92. The van der Waals surface area contributed by atoms with Crippen LogP contribution in [-0.4, -0.2) is 20.4 Å². The van der Waals surface area contributed by atoms with Gasteiger partial charge >= 0.3 is 0 Å². The van der Waals surface area contributed by atoms with E-state index in [0.717, 1.165) is 16.7 Å². The molecule has 1 amide bonds. The smallest absolute Gasteiger partial charge is 0.265 e. The number of nitrogens with one attached hydrogen (secondary N) is 2. The number of amides is 1. The van der Waals surface area contributed by atoms with Gasteiger partial charge in [-0.2, -0.15) is 0 Å². The summed E-state index contributed by atoms with van der Waals surface area (Å²) in [5.74, 6) is 0.316. The molecule has 0 aliphatic heterocycles. The van der Waals surface area contributed by atoms with Crippen molar-refractivity contribution < 1.29 is 17.9 Å². The predicted molar refractivity (Wildman–Crippen MR) is 123 cm³/mol. The fourth-order valence-corrected chi connectivity index (χ4v) is 3.96. The molecule has 3 rings (SSSR count). The average Bonchev–Trinajstić information content (AvgIpc) is 2.72. The van der Waals surface area contributed by atoms with Crippen molar-refractivity contribution in [3.8, 4) is 5.75 Å². The number of rotatable bonds is 7. The minimum Gasteiger partial charge on any atom is -0.481 e. The van der Waals surface area contributed by atoms with Gasteiger partial charge in [0, 0.05) is 11.4 Å². The maximum atomic E-state index is 12.7. The first-order valence-electron chi connectivity index (χ1n) is 9.89. The zero-order chi connectivity index (χ0) is 22.6. The molecule has 0 saturated heterocycles. The first-order chi connectivity index (χ1) is 14.7. The van der Waals surface area contributed by atoms with E-state index in [0.29, 0.717) is 17.1 Å². The van der Waals surface area contributed by atoms with E-state index in [1.54, 1.807) is 37.3 Å². The Morgan fingerprint density at radius 2 is 1.48 bits per heavy atom. The van der Waals surface area contributed by atoms with Crippen molar-refractivity contribution in [1.29, 1.82) is 0 Å². The molecule has 0 saturated carbocycles. The molecule has 1 atom stereocenters. The molecule has 0 aromatic heterocycles. The molecular weight excluding hydrogens is 412 g/mol. The van der Waals surface area contributed by atoms with Gasteiger partial charge < -0.3 is 10.1 Å². The molecule has 3 aromatic carbocycles. The maximum Gasteiger partial charge on any atom is 0.265 e. The molecule has 0 bridgehead atoms. The van der Waals surface area contributed by atoms with E-state index in [4.69, 9.17) is 4.74 Å². The number of sulfonamides is 1. The quantitative estimate of drug-likeness (QED) is 0.554. The van der Waals surface area contributed by atoms with E-state index in [9.17, 15) is 13.2 Å². The Hall–Kier alpha value is -3.32. The number of benzene rings is 3. The van der Waals surface area contributed by atoms with Gasteiger partial charge in [-0.15, -0.1) is 0 Å². The van der Waals surface area contributed by atoms with Crippen LogP contribution in [0.15, 0.2) is 71.6 Å². The third kappa shape index (κ3) is 5.64. The number of carbonyl (C=O) groups excluding carboxylic acids is 1. The normalized spacial score (nSPS) is 12.1. The van der Waals surface area contributed by atoms with Gasteiger partial charge in [0.1, 0.15) is 5.75 Å². The molecule has 0 spiro atoms. The predicted octanol–water partition coefficient (Wildman–Crippen LogP) is 4.82. The van der Waals surface area contributed by atoms with Crippen molar-refractivity contribution in [2.24, 2.45) is 0 Å². The summed E-state index contributed by atoms with van der Waals surface area (Å²) in [6.07, 6.45) is -0.712. The number of anilines is 2. The summed E-state index contributed by atoms with van der Waals surface area (Å²) in [4.78, 5) is 12.5. The number of para-hydroxylation sites is 1. The van der Waals surface area contributed by atoms with Crippen molar-refractivity contribution in [2.45, 2.75) is 38.7 Å². The summed E-state index contributed by atoms with van der Waals surface area (Å²) in [5.41, 5.74) is 4.01. The van der Waals surface area contributed by atoms with Crippen LogP contribution in [0.4, 0.5) is 11.4 Å². The molecule has 0 heterocycles. The third-order valence-corrected chi connectivity index (χ3v) is 6.36. The van der Waals surface area contributed by atoms with Crippen LogP contribution in [0.1, 0.15) is 23.6 Å². The second-order valence-corrected chi connectivity index (χ2v) is 9.13. The lowest BCUT2D eigenvalue weighted by Gasteiger charge is -2.16. The van der Waals surface area contributed by atoms with Gasteiger partial charge in [0.2, 0.25) is 0 Å². The maximum absolute atomic E-state index is 12.7. The van der Waals surface area contributed by atoms with E-state index < -0.39 is 16.1 Å². The van der Waals surface area contributed by atoms with Crippen molar-refractivity contribution in [3.63, 3.8) is 0 Å². The lowest BCUT2D eigenvalue weighted by Crippen LogP contribution is -2.30. The van der Waals surface area contributed by atoms with Crippen LogP contribution in [0.5, 0.6) is 5.75 Å². The number of aryl methyl sites for hydroxylation is 3. The second-order valence-electron chi connectivity index (χ2n) is 7.44. The van der Waals surface area contributed by atoms with Gasteiger partial charge in [-0.1, -0.05) is 24.3 Å². The van der Waals surface area contributed by atoms with Gasteiger partial charge in [-0.25, -0.2) is 8.42 Å². The highest BCUT2D eigenvalue weighted by atomic mass is 32.2. The first-order valence-corrected chi connectivity index (χ1v) is 11.4. The van der Waals surface area contributed by atoms with Crippen LogP contribution in [0.2, 0.25) is 0 Å². The third-order valence-electron chi connectivity index (χ3n) is 4.96. The summed E-state index contributed by atoms with van der Waals surface area (Å²) in [7, 11) is -3.74. The molecule has 0 radical (unpaired) electrons. The molecule has 3 aromatic rings. The Labute approximate surface area is 183 Å². The van der Waals surface area contributed by atoms with Crippen LogP contribution < -0.4 is 14.8 Å². The molecule has 0 aliphatic rings. The molecule has 7 heteroatoms. The second kappa shape index (κ2) is 9.22. The lowest BCUT2D eigenvalue weighted by atomic mass is 10.1. The highest BCUT2D eigenvalue weighted by Gasteiger charge is 2.18. The van der Waals surface area contributed by atoms with E-state index in [1.165, 1.54) is 12.1 Å². The van der Waals surface area contributed by atoms with Crippen LogP contribution in [0.25, 0.3) is 0 Å². The molecule has 0 unspecified atom stereocenters. The molecule has 0 fully saturated rings. The number of carbonyl (C=O) groups is 1. The molecule has 6 nitrogen and oxygen atoms in total. The molecule has 2 N–H and O–H groups in total. The molecule has 0 aliphatic carbocycles. The number of hydrogen-bond acceptors (Lipinski definition) is 4. The molecule has 162 valence electrons. The molecular formula is C24H26N2O4S. The van der Waals surface area contributed by atoms with Crippen LogP contribution in [0, 0.1) is 20.8 Å². The average molecular weight is 439 g/mol. The van der Waals surface area contributed by atoms with Crippen LogP contribution in [-0.2, 0) is 14.8 Å². The van der Waals surface area contributed by atoms with Crippen molar-refractivity contribution in [1.82, 2.24) is 0 Å². The number of hydrogen-bond donors (Lipinski definition) is 2. The Balaban J connectivity index is 1.65. The largest absolute Gasteiger partial charge is 0.481 e. The van der Waals surface area contributed by atoms with Gasteiger partial charge in [0.25, 0.3) is 15.9 Å². The zero-order valence-electron chi connectivity index (χ0n) is 18.0. The van der Waals surface area contributed by atoms with Crippen LogP contribution in [0.3, 0.4) is 0 Å². The zero-order valence-corrected chi connectivity index (χ0v) is 18.8. The summed E-state index contributed by atoms with van der Waals surface area (Å²) in [6.45, 7) is 7.46. The van der Waals surface area contributed by atoms with E-state index >= 15 is 0 Å². The van der Waals surface area contributed by atoms with E-state index in [1.807, 2.05) is 45.0 Å². The van der Waals surface area contributed by atoms with Crippen molar-refractivity contribution in [2.75, 3.05) is 10.0 Å². The highest BCUT2D eigenvalue weighted by Crippen LogP contribution is 2.21. The minimum atomic E-state index is -3.74. The fourth-order valence-electron chi connectivity index (χ4n) is 2.91. The summed E-state index contributed by atoms with van der Waals surface area (Å²) in [5, 5.41) is 2.74. The van der Waals surface area contributed by atoms with Crippen LogP contribution >= 0.6 is 0 Å². The fraction of sp³-hybridized carbons (Fsp3) is 0.208. The van der Waals surface area contributed by atoms with Crippen molar-refractivity contribution >= 4 is 27.3 Å². The minimum absolute atomic E-state index is 0.105. The van der Waals surface area contributed by atoms with E-state index in [2.05, 4.69) is 10.0 Å². The standard InChI is InChI=1S/C24H26N2O4S/c1-16-9-10-21(15-18(16)3)26-31(28,29)22-13-11-20(12-14-22)25-24(27)19(4)30-23-8-6-5-7-17(23)2/h5-15,19,26H,1-4H3,(H,25,27)/t19-/m0/s1. The van der Waals surface area contributed by atoms with Gasteiger partial charge in [0.05, 0.1) is 4.90 Å². The van der Waals surface area contributed by atoms with Gasteiger partial charge in [0.15, 0.2) is 6.10 Å². The van der Waals surface area contributed by atoms with E-state index in [-0.39, 0.29) is 10.8 Å². The topological polar surface area (TPSA) is 84.5 Å². The summed E-state index contributed by atoms with van der Waals surface area (Å²) >= 11 is 0. The SMILES string of the molecule is Cc1ccc(NS(=O)(=O)c2ccc(NC(=O)[C@H](C)Oc3ccccc3C)cc2)cc1C. The molecule has 31 heavy (non-hydrogen) atoms. The Bertz CT molecular complexity index is 1190. The first kappa shape index (κ1) is 22.4. The van der Waals surface area contributed by atoms with Gasteiger partial charge in [-0.05, 0) is 86.8 Å². The van der Waals surface area contributed by atoms with Gasteiger partial charge in [-0.3, -0.25) is 9.52 Å². The summed E-state index contributed by atoms with van der Waals surface area (Å²) < 4.78 is 33.6.